The van der Waals surface area contributed by atoms with Gasteiger partial charge in [0.05, 0.1) is 6.04 Å². The molecular weight excluding hydrogens is 264 g/mol. The van der Waals surface area contributed by atoms with E-state index in [-0.39, 0.29) is 6.04 Å². The molecule has 3 fully saturated rings. The minimum absolute atomic E-state index is 0.223. The molecule has 2 heterocycles. The molecule has 0 radical (unpaired) electrons. The molecule has 4 rings (SSSR count). The Morgan fingerprint density at radius 1 is 1.43 bits per heavy atom. The fraction of sp³-hybridized carbons (Fsp3) is 0.750. The second-order valence-electron chi connectivity index (χ2n) is 6.75. The molecule has 1 aromatic heterocycles. The van der Waals surface area contributed by atoms with Crippen molar-refractivity contribution in [3.8, 4) is 0 Å². The van der Waals surface area contributed by atoms with E-state index < -0.39 is 0 Å². The van der Waals surface area contributed by atoms with Crippen molar-refractivity contribution >= 4 is 5.91 Å². The van der Waals surface area contributed by atoms with E-state index in [0.717, 1.165) is 44.3 Å². The topological polar surface area (TPSA) is 52.2 Å². The molecule has 1 saturated heterocycles. The molecule has 5 nitrogen and oxygen atoms in total. The number of hydrogen-bond acceptors (Lipinski definition) is 3. The molecule has 3 aliphatic rings. The van der Waals surface area contributed by atoms with Crippen LogP contribution in [-0.2, 0) is 4.79 Å². The van der Waals surface area contributed by atoms with Crippen LogP contribution in [0.1, 0.15) is 38.1 Å². The Balaban J connectivity index is 1.44. The zero-order valence-electron chi connectivity index (χ0n) is 12.7. The van der Waals surface area contributed by atoms with Crippen LogP contribution in [0.4, 0.5) is 0 Å². The van der Waals surface area contributed by atoms with E-state index in [2.05, 4.69) is 26.7 Å². The summed E-state index contributed by atoms with van der Waals surface area (Å²) in [7, 11) is 0. The zero-order chi connectivity index (χ0) is 14.4. The predicted molar refractivity (Wildman–Crippen MR) is 79.5 cm³/mol. The van der Waals surface area contributed by atoms with Crippen molar-refractivity contribution in [3.05, 3.63) is 18.2 Å². The third-order valence-corrected chi connectivity index (χ3v) is 5.43. The Hall–Kier alpha value is -1.36. The average molecular weight is 288 g/mol. The van der Waals surface area contributed by atoms with Gasteiger partial charge in [0.25, 0.3) is 0 Å². The summed E-state index contributed by atoms with van der Waals surface area (Å²) in [5.41, 5.74) is 0. The number of H-pyrrole nitrogens is 1. The Morgan fingerprint density at radius 2 is 2.29 bits per heavy atom. The number of imidazole rings is 1. The van der Waals surface area contributed by atoms with Gasteiger partial charge < -0.3 is 9.88 Å². The van der Waals surface area contributed by atoms with E-state index in [1.807, 2.05) is 6.20 Å². The number of nitrogens with one attached hydrogen (secondary N) is 1. The van der Waals surface area contributed by atoms with Gasteiger partial charge in [0.1, 0.15) is 5.82 Å². The summed E-state index contributed by atoms with van der Waals surface area (Å²) in [5, 5.41) is 0. The fourth-order valence-electron chi connectivity index (χ4n) is 3.90. The second-order valence-corrected chi connectivity index (χ2v) is 6.75. The van der Waals surface area contributed by atoms with E-state index in [0.29, 0.717) is 17.7 Å². The summed E-state index contributed by atoms with van der Waals surface area (Å²) in [5.74, 6) is 3.31. The van der Waals surface area contributed by atoms with Gasteiger partial charge in [0.2, 0.25) is 5.91 Å². The third-order valence-electron chi connectivity index (χ3n) is 5.43. The third kappa shape index (κ3) is 2.48. The Morgan fingerprint density at radius 3 is 2.95 bits per heavy atom. The van der Waals surface area contributed by atoms with Gasteiger partial charge in [-0.05, 0) is 37.6 Å². The molecule has 114 valence electrons. The monoisotopic (exact) mass is 288 g/mol. The highest BCUT2D eigenvalue weighted by Crippen LogP contribution is 2.55. The average Bonchev–Trinajstić information content (AvgIpc) is 3.42. The lowest BCUT2D eigenvalue weighted by molar-refractivity contribution is -0.136. The summed E-state index contributed by atoms with van der Waals surface area (Å²) in [6.07, 6.45) is 7.52. The van der Waals surface area contributed by atoms with Gasteiger partial charge in [-0.2, -0.15) is 0 Å². The molecule has 3 unspecified atom stereocenters. The van der Waals surface area contributed by atoms with Gasteiger partial charge in [0.15, 0.2) is 0 Å². The maximum atomic E-state index is 12.7. The highest BCUT2D eigenvalue weighted by Gasteiger charge is 2.52. The maximum absolute atomic E-state index is 12.7. The standard InChI is InChI=1S/C16H24N4O/c1-2-19-7-8-20(10-14(19)15-17-5-6-18-15)16(21)13-9-12(13)11-3-4-11/h5-6,11-14H,2-4,7-10H2,1H3,(H,17,18). The minimum atomic E-state index is 0.223. The van der Waals surface area contributed by atoms with Crippen LogP contribution in [0.3, 0.4) is 0 Å². The van der Waals surface area contributed by atoms with Gasteiger partial charge in [-0.1, -0.05) is 6.92 Å². The van der Waals surface area contributed by atoms with E-state index >= 15 is 0 Å². The number of rotatable bonds is 4. The van der Waals surface area contributed by atoms with E-state index in [1.54, 1.807) is 6.20 Å². The fourth-order valence-corrected chi connectivity index (χ4v) is 3.90. The van der Waals surface area contributed by atoms with Crippen LogP contribution in [0.5, 0.6) is 0 Å². The van der Waals surface area contributed by atoms with Crippen LogP contribution >= 0.6 is 0 Å². The molecule has 2 aliphatic carbocycles. The lowest BCUT2D eigenvalue weighted by Crippen LogP contribution is -2.51. The predicted octanol–water partition coefficient (Wildman–Crippen LogP) is 1.66. The molecule has 1 amide bonds. The summed E-state index contributed by atoms with van der Waals surface area (Å²) in [4.78, 5) is 24.8. The van der Waals surface area contributed by atoms with E-state index in [9.17, 15) is 4.79 Å². The van der Waals surface area contributed by atoms with Crippen LogP contribution in [0.15, 0.2) is 12.4 Å². The first kappa shape index (κ1) is 13.3. The molecule has 21 heavy (non-hydrogen) atoms. The van der Waals surface area contributed by atoms with Gasteiger partial charge in [-0.15, -0.1) is 0 Å². The van der Waals surface area contributed by atoms with Crippen molar-refractivity contribution in [2.45, 2.75) is 32.2 Å². The number of carbonyl (C=O) groups is 1. The molecule has 0 aromatic carbocycles. The number of carbonyl (C=O) groups excluding carboxylic acids is 1. The molecule has 0 bridgehead atoms. The summed E-state index contributed by atoms with van der Waals surface area (Å²) < 4.78 is 0. The van der Waals surface area contributed by atoms with Crippen molar-refractivity contribution < 1.29 is 4.79 Å². The van der Waals surface area contributed by atoms with Crippen LogP contribution < -0.4 is 0 Å². The van der Waals surface area contributed by atoms with Gasteiger partial charge in [0, 0.05) is 37.9 Å². The Bertz CT molecular complexity index is 510. The number of amides is 1. The van der Waals surface area contributed by atoms with Crippen molar-refractivity contribution in [3.63, 3.8) is 0 Å². The molecule has 1 aromatic rings. The molecule has 3 atom stereocenters. The number of likely N-dealkylation sites (N-methyl/N-ethyl adjacent to an activating group) is 1. The lowest BCUT2D eigenvalue weighted by Gasteiger charge is -2.40. The van der Waals surface area contributed by atoms with E-state index in [1.165, 1.54) is 12.8 Å². The highest BCUT2D eigenvalue weighted by molar-refractivity contribution is 5.82. The number of nitrogens with zero attached hydrogens (tertiary/aromatic N) is 3. The molecule has 0 spiro atoms. The van der Waals surface area contributed by atoms with Crippen LogP contribution in [-0.4, -0.2) is 51.9 Å². The van der Waals surface area contributed by atoms with Crippen molar-refractivity contribution in [2.24, 2.45) is 17.8 Å². The molecule has 5 heteroatoms. The lowest BCUT2D eigenvalue weighted by atomic mass is 10.1. The first-order valence-electron chi connectivity index (χ1n) is 8.30. The van der Waals surface area contributed by atoms with Crippen LogP contribution in [0, 0.1) is 17.8 Å². The molecular formula is C16H24N4O. The smallest absolute Gasteiger partial charge is 0.226 e. The summed E-state index contributed by atoms with van der Waals surface area (Å²) in [6, 6.07) is 0.223. The second kappa shape index (κ2) is 5.13. The van der Waals surface area contributed by atoms with Crippen LogP contribution in [0.2, 0.25) is 0 Å². The number of aromatic amines is 1. The van der Waals surface area contributed by atoms with Gasteiger partial charge in [-0.3, -0.25) is 9.69 Å². The van der Waals surface area contributed by atoms with Gasteiger partial charge >= 0.3 is 0 Å². The molecule has 1 aliphatic heterocycles. The normalized spacial score (nSPS) is 33.2. The Kier molecular flexibility index (Phi) is 3.25. The largest absolute Gasteiger partial charge is 0.347 e. The van der Waals surface area contributed by atoms with E-state index in [4.69, 9.17) is 0 Å². The first-order chi connectivity index (χ1) is 10.3. The minimum Gasteiger partial charge on any atom is -0.347 e. The SMILES string of the molecule is CCN1CCN(C(=O)C2CC2C2CC2)CC1c1ncc[nH]1. The molecule has 1 N–H and O–H groups in total. The number of hydrogen-bond donors (Lipinski definition) is 1. The van der Waals surface area contributed by atoms with Crippen molar-refractivity contribution in [2.75, 3.05) is 26.2 Å². The van der Waals surface area contributed by atoms with Gasteiger partial charge in [-0.25, -0.2) is 4.98 Å². The van der Waals surface area contributed by atoms with Crippen LogP contribution in [0.25, 0.3) is 0 Å². The molecule has 2 saturated carbocycles. The first-order valence-corrected chi connectivity index (χ1v) is 8.30. The zero-order valence-corrected chi connectivity index (χ0v) is 12.7. The van der Waals surface area contributed by atoms with Crippen molar-refractivity contribution in [1.82, 2.24) is 19.8 Å². The quantitative estimate of drug-likeness (QED) is 0.917. The number of aromatic nitrogens is 2. The highest BCUT2D eigenvalue weighted by atomic mass is 16.2. The summed E-state index contributed by atoms with van der Waals surface area (Å²) >= 11 is 0. The number of piperazine rings is 1. The Labute approximate surface area is 125 Å². The van der Waals surface area contributed by atoms with Crippen molar-refractivity contribution in [1.29, 1.82) is 0 Å². The maximum Gasteiger partial charge on any atom is 0.226 e. The summed E-state index contributed by atoms with van der Waals surface area (Å²) in [6.45, 7) is 5.79.